The second-order valence-electron chi connectivity index (χ2n) is 4.42. The molecule has 0 radical (unpaired) electrons. The highest BCUT2D eigenvalue weighted by atomic mass is 32.2. The van der Waals surface area contributed by atoms with Crippen LogP contribution in [0.4, 0.5) is 5.69 Å². The SMILES string of the molecule is Nc1c(S(=O)(=O)O)ccc2c(S(=O)(=O)O)cc(S(=O)(=O)O)cc12. The molecule has 0 aliphatic heterocycles. The summed E-state index contributed by atoms with van der Waals surface area (Å²) in [6.45, 7) is 0. The van der Waals surface area contributed by atoms with Crippen molar-refractivity contribution in [1.29, 1.82) is 0 Å². The summed E-state index contributed by atoms with van der Waals surface area (Å²) in [6, 6.07) is 2.89. The summed E-state index contributed by atoms with van der Waals surface area (Å²) in [5.41, 5.74) is 4.88. The third-order valence-electron chi connectivity index (χ3n) is 2.93. The Morgan fingerprint density at radius 1 is 0.696 bits per heavy atom. The van der Waals surface area contributed by atoms with Gasteiger partial charge in [0, 0.05) is 10.8 Å². The van der Waals surface area contributed by atoms with Gasteiger partial charge in [0.25, 0.3) is 30.4 Å². The van der Waals surface area contributed by atoms with E-state index in [0.717, 1.165) is 12.1 Å². The molecule has 10 nitrogen and oxygen atoms in total. The van der Waals surface area contributed by atoms with E-state index in [0.29, 0.717) is 12.1 Å². The second-order valence-corrected chi connectivity index (χ2v) is 8.62. The Balaban J connectivity index is 3.13. The summed E-state index contributed by atoms with van der Waals surface area (Å²) >= 11 is 0. The fourth-order valence-electron chi connectivity index (χ4n) is 1.96. The van der Waals surface area contributed by atoms with E-state index in [9.17, 15) is 29.8 Å². The standard InChI is InChI=1S/C10H9NO9S3/c11-10-7-3-5(21(12,13)14)4-9(23(18,19)20)6(7)1-2-8(10)22(15,16)17/h1-4H,11H2,(H,12,13,14)(H,15,16,17)(H,18,19,20). The van der Waals surface area contributed by atoms with Crippen LogP contribution in [0.1, 0.15) is 0 Å². The Labute approximate surface area is 130 Å². The Morgan fingerprint density at radius 2 is 1.22 bits per heavy atom. The van der Waals surface area contributed by atoms with E-state index >= 15 is 0 Å². The van der Waals surface area contributed by atoms with E-state index in [4.69, 9.17) is 14.8 Å². The first-order valence-corrected chi connectivity index (χ1v) is 9.83. The molecule has 0 aromatic heterocycles. The number of rotatable bonds is 3. The number of fused-ring (bicyclic) bond motifs is 1. The van der Waals surface area contributed by atoms with Crippen molar-refractivity contribution in [2.24, 2.45) is 0 Å². The van der Waals surface area contributed by atoms with Crippen LogP contribution in [0.5, 0.6) is 0 Å². The van der Waals surface area contributed by atoms with Crippen molar-refractivity contribution < 1.29 is 38.9 Å². The first-order valence-electron chi connectivity index (χ1n) is 5.51. The molecule has 2 aromatic rings. The number of benzene rings is 2. The number of nitrogens with two attached hydrogens (primary N) is 1. The number of anilines is 1. The van der Waals surface area contributed by atoms with Crippen LogP contribution in [0.25, 0.3) is 10.8 Å². The van der Waals surface area contributed by atoms with Gasteiger partial charge >= 0.3 is 0 Å². The third kappa shape index (κ3) is 3.29. The van der Waals surface area contributed by atoms with Gasteiger partial charge in [0.1, 0.15) is 9.79 Å². The minimum atomic E-state index is -4.92. The van der Waals surface area contributed by atoms with Gasteiger partial charge in [0.15, 0.2) is 0 Å². The molecular formula is C10H9NO9S3. The molecule has 0 amide bonds. The maximum Gasteiger partial charge on any atom is 0.296 e. The van der Waals surface area contributed by atoms with E-state index < -0.39 is 56.1 Å². The second kappa shape index (κ2) is 5.12. The van der Waals surface area contributed by atoms with Gasteiger partial charge in [0.2, 0.25) is 0 Å². The van der Waals surface area contributed by atoms with Crippen LogP contribution in [0.2, 0.25) is 0 Å². The number of hydrogen-bond donors (Lipinski definition) is 4. The third-order valence-corrected chi connectivity index (χ3v) is 5.56. The molecule has 0 atom stereocenters. The predicted molar refractivity (Wildman–Crippen MR) is 77.8 cm³/mol. The lowest BCUT2D eigenvalue weighted by atomic mass is 10.1. The minimum absolute atomic E-state index is 0.301. The van der Waals surface area contributed by atoms with E-state index in [1.54, 1.807) is 0 Å². The lowest BCUT2D eigenvalue weighted by Gasteiger charge is -2.11. The van der Waals surface area contributed by atoms with E-state index in [2.05, 4.69) is 0 Å². The Hall–Kier alpha value is -1.77. The summed E-state index contributed by atoms with van der Waals surface area (Å²) in [6.07, 6.45) is 0. The molecule has 0 aliphatic rings. The van der Waals surface area contributed by atoms with Gasteiger partial charge in [0.05, 0.1) is 10.6 Å². The molecule has 5 N–H and O–H groups in total. The summed E-state index contributed by atoms with van der Waals surface area (Å²) < 4.78 is 94.9. The zero-order valence-electron chi connectivity index (χ0n) is 10.9. The molecule has 2 rings (SSSR count). The van der Waals surface area contributed by atoms with Crippen molar-refractivity contribution in [3.63, 3.8) is 0 Å². The van der Waals surface area contributed by atoms with Gasteiger partial charge in [-0.1, -0.05) is 6.07 Å². The molecule has 126 valence electrons. The Kier molecular flexibility index (Phi) is 3.91. The largest absolute Gasteiger partial charge is 0.397 e. The average Bonchev–Trinajstić information content (AvgIpc) is 2.34. The van der Waals surface area contributed by atoms with Crippen LogP contribution in [0.15, 0.2) is 39.0 Å². The van der Waals surface area contributed by atoms with Gasteiger partial charge in [-0.3, -0.25) is 13.7 Å². The first-order chi connectivity index (χ1) is 10.2. The predicted octanol–water partition coefficient (Wildman–Crippen LogP) is 0.162. The zero-order valence-corrected chi connectivity index (χ0v) is 13.4. The van der Waals surface area contributed by atoms with Crippen molar-refractivity contribution in [2.75, 3.05) is 5.73 Å². The van der Waals surface area contributed by atoms with Crippen LogP contribution in [0.3, 0.4) is 0 Å². The van der Waals surface area contributed by atoms with Crippen LogP contribution < -0.4 is 5.73 Å². The van der Waals surface area contributed by atoms with E-state index in [1.165, 1.54) is 0 Å². The Morgan fingerprint density at radius 3 is 1.65 bits per heavy atom. The highest BCUT2D eigenvalue weighted by molar-refractivity contribution is 7.87. The van der Waals surface area contributed by atoms with Crippen molar-refractivity contribution >= 4 is 46.8 Å². The quantitative estimate of drug-likeness (QED) is 0.419. The minimum Gasteiger partial charge on any atom is -0.397 e. The van der Waals surface area contributed by atoms with Gasteiger partial charge < -0.3 is 5.73 Å². The lowest BCUT2D eigenvalue weighted by molar-refractivity contribution is 0.480. The lowest BCUT2D eigenvalue weighted by Crippen LogP contribution is -2.07. The van der Waals surface area contributed by atoms with Crippen molar-refractivity contribution in [2.45, 2.75) is 14.7 Å². The van der Waals surface area contributed by atoms with Crippen molar-refractivity contribution in [1.82, 2.24) is 0 Å². The highest BCUT2D eigenvalue weighted by Crippen LogP contribution is 2.34. The molecule has 0 bridgehead atoms. The molecule has 0 aliphatic carbocycles. The van der Waals surface area contributed by atoms with Crippen LogP contribution in [-0.4, -0.2) is 38.9 Å². The number of nitrogen functional groups attached to an aromatic ring is 1. The maximum absolute atomic E-state index is 11.4. The molecule has 0 heterocycles. The molecule has 2 aromatic carbocycles. The van der Waals surface area contributed by atoms with Gasteiger partial charge in [-0.2, -0.15) is 25.3 Å². The van der Waals surface area contributed by atoms with E-state index in [1.807, 2.05) is 0 Å². The van der Waals surface area contributed by atoms with Gasteiger partial charge in [-0.05, 0) is 18.2 Å². The van der Waals surface area contributed by atoms with Crippen molar-refractivity contribution in [3.05, 3.63) is 24.3 Å². The molecule has 0 unspecified atom stereocenters. The first kappa shape index (κ1) is 17.6. The van der Waals surface area contributed by atoms with Crippen LogP contribution in [-0.2, 0) is 30.4 Å². The smallest absolute Gasteiger partial charge is 0.296 e. The fourth-order valence-corrected chi connectivity index (χ4v) is 3.93. The molecule has 13 heteroatoms. The average molecular weight is 383 g/mol. The van der Waals surface area contributed by atoms with Gasteiger partial charge in [-0.15, -0.1) is 0 Å². The Bertz CT molecular complexity index is 1130. The summed E-state index contributed by atoms with van der Waals surface area (Å²) in [7, 11) is -14.6. The summed E-state index contributed by atoms with van der Waals surface area (Å²) in [5, 5.41) is -0.715. The molecule has 0 fully saturated rings. The van der Waals surface area contributed by atoms with Crippen molar-refractivity contribution in [3.8, 4) is 0 Å². The summed E-state index contributed by atoms with van der Waals surface area (Å²) in [5.74, 6) is 0. The molecule has 0 saturated heterocycles. The van der Waals surface area contributed by atoms with E-state index in [-0.39, 0.29) is 5.39 Å². The number of hydrogen-bond acceptors (Lipinski definition) is 7. The normalized spacial score (nSPS) is 13.3. The molecular weight excluding hydrogens is 374 g/mol. The zero-order chi connectivity index (χ0) is 17.8. The van der Waals surface area contributed by atoms with Crippen LogP contribution in [0, 0.1) is 0 Å². The topological polar surface area (TPSA) is 189 Å². The maximum atomic E-state index is 11.4. The summed E-state index contributed by atoms with van der Waals surface area (Å²) in [4.78, 5) is -2.63. The monoisotopic (exact) mass is 383 g/mol. The molecule has 0 spiro atoms. The molecule has 0 saturated carbocycles. The molecule has 23 heavy (non-hydrogen) atoms. The highest BCUT2D eigenvalue weighted by Gasteiger charge is 2.24. The van der Waals surface area contributed by atoms with Gasteiger partial charge in [-0.25, -0.2) is 0 Å². The fraction of sp³-hybridized carbons (Fsp3) is 0. The van der Waals surface area contributed by atoms with Crippen LogP contribution >= 0.6 is 0 Å².